The molecule has 5 heteroatoms. The largest absolute Gasteiger partial charge is 0.482 e. The van der Waals surface area contributed by atoms with Gasteiger partial charge in [0.1, 0.15) is 5.75 Å². The Morgan fingerprint density at radius 2 is 1.43 bits per heavy atom. The van der Waals surface area contributed by atoms with Crippen LogP contribution in [0.25, 0.3) is 0 Å². The first-order chi connectivity index (χ1) is 14.6. The number of nitrogens with one attached hydrogen (secondary N) is 1. The van der Waals surface area contributed by atoms with Gasteiger partial charge in [0.05, 0.1) is 5.69 Å². The second-order valence-corrected chi connectivity index (χ2v) is 7.00. The first-order valence-corrected chi connectivity index (χ1v) is 9.97. The number of carbonyl (C=O) groups excluding carboxylic acids is 2. The molecular formula is C25H26N2O3. The first-order valence-electron chi connectivity index (χ1n) is 9.97. The van der Waals surface area contributed by atoms with Gasteiger partial charge in [-0.05, 0) is 29.7 Å². The second-order valence-electron chi connectivity index (χ2n) is 7.00. The van der Waals surface area contributed by atoms with Crippen LogP contribution in [0, 0.1) is 0 Å². The van der Waals surface area contributed by atoms with Gasteiger partial charge in [-0.15, -0.1) is 0 Å². The van der Waals surface area contributed by atoms with Crippen molar-refractivity contribution in [2.24, 2.45) is 0 Å². The van der Waals surface area contributed by atoms with Crippen LogP contribution >= 0.6 is 0 Å². The predicted octanol–water partition coefficient (Wildman–Crippen LogP) is 4.30. The molecule has 0 saturated heterocycles. The molecule has 0 saturated carbocycles. The molecule has 0 spiro atoms. The third kappa shape index (κ3) is 6.48. The van der Waals surface area contributed by atoms with Gasteiger partial charge in [-0.3, -0.25) is 9.59 Å². The summed E-state index contributed by atoms with van der Waals surface area (Å²) in [6, 6.07) is 27.1. The Labute approximate surface area is 177 Å². The average molecular weight is 402 g/mol. The molecule has 3 aromatic rings. The number of hydrogen-bond acceptors (Lipinski definition) is 3. The molecule has 0 heterocycles. The quantitative estimate of drug-likeness (QED) is 0.581. The van der Waals surface area contributed by atoms with Crippen LogP contribution in [0.4, 0.5) is 5.69 Å². The van der Waals surface area contributed by atoms with Crippen molar-refractivity contribution < 1.29 is 14.3 Å². The Hall–Kier alpha value is -3.60. The Morgan fingerprint density at radius 3 is 2.10 bits per heavy atom. The molecule has 3 aromatic carbocycles. The van der Waals surface area contributed by atoms with Crippen molar-refractivity contribution >= 4 is 17.5 Å². The molecule has 0 unspecified atom stereocenters. The second kappa shape index (κ2) is 10.8. The van der Waals surface area contributed by atoms with Crippen molar-refractivity contribution in [3.63, 3.8) is 0 Å². The molecule has 3 rings (SSSR count). The molecule has 5 nitrogen and oxygen atoms in total. The summed E-state index contributed by atoms with van der Waals surface area (Å²) in [6.07, 6.45) is 0.766. The number of anilines is 1. The van der Waals surface area contributed by atoms with E-state index in [2.05, 4.69) is 17.4 Å². The summed E-state index contributed by atoms with van der Waals surface area (Å²) in [5.74, 6) is 0.183. The van der Waals surface area contributed by atoms with Crippen LogP contribution in [0.3, 0.4) is 0 Å². The summed E-state index contributed by atoms with van der Waals surface area (Å²) < 4.78 is 5.76. The first kappa shape index (κ1) is 21.1. The zero-order valence-electron chi connectivity index (χ0n) is 17.1. The molecule has 154 valence electrons. The topological polar surface area (TPSA) is 58.6 Å². The highest BCUT2D eigenvalue weighted by Gasteiger charge is 2.16. The lowest BCUT2D eigenvalue weighted by atomic mass is 10.1. The van der Waals surface area contributed by atoms with E-state index in [0.29, 0.717) is 24.5 Å². The fourth-order valence-corrected chi connectivity index (χ4v) is 3.12. The van der Waals surface area contributed by atoms with Crippen LogP contribution in [-0.4, -0.2) is 29.9 Å². The van der Waals surface area contributed by atoms with Crippen LogP contribution in [-0.2, 0) is 22.6 Å². The molecule has 1 N–H and O–H groups in total. The summed E-state index contributed by atoms with van der Waals surface area (Å²) in [4.78, 5) is 26.2. The molecule has 0 fully saturated rings. The molecule has 30 heavy (non-hydrogen) atoms. The number of amides is 2. The highest BCUT2D eigenvalue weighted by Crippen LogP contribution is 2.23. The Bertz CT molecular complexity index is 958. The molecule has 0 radical (unpaired) electrons. The van der Waals surface area contributed by atoms with E-state index in [0.717, 1.165) is 12.0 Å². The highest BCUT2D eigenvalue weighted by atomic mass is 16.5. The van der Waals surface area contributed by atoms with Gasteiger partial charge in [0.15, 0.2) is 6.61 Å². The number of rotatable bonds is 9. The lowest BCUT2D eigenvalue weighted by Crippen LogP contribution is -2.36. The third-order valence-electron chi connectivity index (χ3n) is 4.63. The standard InChI is InChI=1S/C25H26N2O3/c1-20(28)26-23-14-8-9-15-24(23)30-19-25(29)27(18-22-12-6-3-7-13-22)17-16-21-10-4-2-5-11-21/h2-15H,16-19H2,1H3,(H,26,28). The van der Waals surface area contributed by atoms with Gasteiger partial charge in [-0.2, -0.15) is 0 Å². The molecule has 0 aromatic heterocycles. The molecule has 0 atom stereocenters. The van der Waals surface area contributed by atoms with E-state index in [9.17, 15) is 9.59 Å². The van der Waals surface area contributed by atoms with Gasteiger partial charge in [0, 0.05) is 20.0 Å². The lowest BCUT2D eigenvalue weighted by molar-refractivity contribution is -0.134. The summed E-state index contributed by atoms with van der Waals surface area (Å²) in [5.41, 5.74) is 2.80. The maximum atomic E-state index is 13.0. The highest BCUT2D eigenvalue weighted by molar-refractivity contribution is 5.90. The van der Waals surface area contributed by atoms with E-state index < -0.39 is 0 Å². The van der Waals surface area contributed by atoms with E-state index in [1.54, 1.807) is 12.1 Å². The summed E-state index contributed by atoms with van der Waals surface area (Å²) in [6.45, 7) is 2.45. The number of carbonyl (C=O) groups is 2. The van der Waals surface area contributed by atoms with Crippen LogP contribution in [0.1, 0.15) is 18.1 Å². The molecule has 0 aliphatic rings. The zero-order valence-corrected chi connectivity index (χ0v) is 17.1. The van der Waals surface area contributed by atoms with Crippen LogP contribution in [0.2, 0.25) is 0 Å². The van der Waals surface area contributed by atoms with Gasteiger partial charge >= 0.3 is 0 Å². The van der Waals surface area contributed by atoms with Gasteiger partial charge in [0.2, 0.25) is 5.91 Å². The predicted molar refractivity (Wildman–Crippen MR) is 118 cm³/mol. The zero-order chi connectivity index (χ0) is 21.2. The minimum Gasteiger partial charge on any atom is -0.482 e. The Kier molecular flexibility index (Phi) is 7.61. The van der Waals surface area contributed by atoms with E-state index in [-0.39, 0.29) is 18.4 Å². The van der Waals surface area contributed by atoms with E-state index >= 15 is 0 Å². The fraction of sp³-hybridized carbons (Fsp3) is 0.200. The summed E-state index contributed by atoms with van der Waals surface area (Å²) >= 11 is 0. The van der Waals surface area contributed by atoms with Crippen molar-refractivity contribution in [3.05, 3.63) is 96.1 Å². The smallest absolute Gasteiger partial charge is 0.260 e. The van der Waals surface area contributed by atoms with Crippen LogP contribution in [0.15, 0.2) is 84.9 Å². The maximum absolute atomic E-state index is 13.0. The van der Waals surface area contributed by atoms with Crippen molar-refractivity contribution in [2.45, 2.75) is 19.9 Å². The fourth-order valence-electron chi connectivity index (χ4n) is 3.12. The van der Waals surface area contributed by atoms with Crippen molar-refractivity contribution in [2.75, 3.05) is 18.5 Å². The SMILES string of the molecule is CC(=O)Nc1ccccc1OCC(=O)N(CCc1ccccc1)Cc1ccccc1. The van der Waals surface area contributed by atoms with Crippen molar-refractivity contribution in [1.82, 2.24) is 4.90 Å². The molecular weight excluding hydrogens is 376 g/mol. The monoisotopic (exact) mass is 402 g/mol. The van der Waals surface area contributed by atoms with E-state index in [4.69, 9.17) is 4.74 Å². The van der Waals surface area contributed by atoms with Gasteiger partial charge in [-0.1, -0.05) is 72.8 Å². The number of nitrogens with zero attached hydrogens (tertiary/aromatic N) is 1. The minimum atomic E-state index is -0.189. The summed E-state index contributed by atoms with van der Waals surface area (Å²) in [5, 5.41) is 2.72. The maximum Gasteiger partial charge on any atom is 0.260 e. The number of para-hydroxylation sites is 2. The normalized spacial score (nSPS) is 10.3. The van der Waals surface area contributed by atoms with E-state index in [1.165, 1.54) is 12.5 Å². The number of ether oxygens (including phenoxy) is 1. The van der Waals surface area contributed by atoms with Crippen LogP contribution < -0.4 is 10.1 Å². The molecule has 2 amide bonds. The Balaban J connectivity index is 1.67. The number of hydrogen-bond donors (Lipinski definition) is 1. The molecule has 0 bridgehead atoms. The lowest BCUT2D eigenvalue weighted by Gasteiger charge is -2.23. The van der Waals surface area contributed by atoms with Crippen molar-refractivity contribution in [3.8, 4) is 5.75 Å². The Morgan fingerprint density at radius 1 is 0.833 bits per heavy atom. The summed E-state index contributed by atoms with van der Waals surface area (Å²) in [7, 11) is 0. The van der Waals surface area contributed by atoms with E-state index in [1.807, 2.05) is 65.6 Å². The number of benzene rings is 3. The minimum absolute atomic E-state index is 0.0990. The molecule has 0 aliphatic heterocycles. The van der Waals surface area contributed by atoms with Crippen LogP contribution in [0.5, 0.6) is 5.75 Å². The average Bonchev–Trinajstić information content (AvgIpc) is 2.77. The third-order valence-corrected chi connectivity index (χ3v) is 4.63. The van der Waals surface area contributed by atoms with Gasteiger partial charge in [-0.25, -0.2) is 0 Å². The van der Waals surface area contributed by atoms with Gasteiger partial charge < -0.3 is 15.0 Å². The van der Waals surface area contributed by atoms with Crippen molar-refractivity contribution in [1.29, 1.82) is 0 Å². The van der Waals surface area contributed by atoms with Gasteiger partial charge in [0.25, 0.3) is 5.91 Å². The molecule has 0 aliphatic carbocycles.